The summed E-state index contributed by atoms with van der Waals surface area (Å²) in [7, 11) is 1.84. The predicted octanol–water partition coefficient (Wildman–Crippen LogP) is 3.65. The maximum atomic E-state index is 12.3. The number of benzene rings is 2. The lowest BCUT2D eigenvalue weighted by Crippen LogP contribution is -2.13. The van der Waals surface area contributed by atoms with Crippen LogP contribution in [0.15, 0.2) is 60.7 Å². The SMILES string of the molecule is Cc1cccc(NC(=O)c2cc(-c3ccccc3)n(C)n2)c1. The molecule has 2 aromatic carbocycles. The molecule has 1 amide bonds. The van der Waals surface area contributed by atoms with E-state index in [1.165, 1.54) is 0 Å². The number of anilines is 1. The fourth-order valence-electron chi connectivity index (χ4n) is 2.38. The number of rotatable bonds is 3. The molecule has 0 fully saturated rings. The Labute approximate surface area is 129 Å². The Kier molecular flexibility index (Phi) is 3.74. The summed E-state index contributed by atoms with van der Waals surface area (Å²) in [5, 5.41) is 7.19. The largest absolute Gasteiger partial charge is 0.321 e. The molecule has 0 aliphatic heterocycles. The van der Waals surface area contributed by atoms with Crippen molar-refractivity contribution < 1.29 is 4.79 Å². The van der Waals surface area contributed by atoms with Gasteiger partial charge in [-0.15, -0.1) is 0 Å². The molecule has 1 N–H and O–H groups in total. The minimum Gasteiger partial charge on any atom is -0.321 e. The average Bonchev–Trinajstić information content (AvgIpc) is 2.90. The van der Waals surface area contributed by atoms with Crippen LogP contribution < -0.4 is 5.32 Å². The highest BCUT2D eigenvalue weighted by Gasteiger charge is 2.14. The molecule has 1 heterocycles. The summed E-state index contributed by atoms with van der Waals surface area (Å²) >= 11 is 0. The molecule has 0 spiro atoms. The van der Waals surface area contributed by atoms with Crippen LogP contribution in [0.3, 0.4) is 0 Å². The van der Waals surface area contributed by atoms with Crippen LogP contribution in [0, 0.1) is 6.92 Å². The van der Waals surface area contributed by atoms with E-state index in [0.717, 1.165) is 22.5 Å². The van der Waals surface area contributed by atoms with Crippen LogP contribution in [-0.4, -0.2) is 15.7 Å². The third-order valence-electron chi connectivity index (χ3n) is 3.46. The zero-order valence-corrected chi connectivity index (χ0v) is 12.6. The summed E-state index contributed by atoms with van der Waals surface area (Å²) in [4.78, 5) is 12.3. The van der Waals surface area contributed by atoms with Gasteiger partial charge in [-0.3, -0.25) is 9.48 Å². The molecule has 3 rings (SSSR count). The van der Waals surface area contributed by atoms with E-state index >= 15 is 0 Å². The highest BCUT2D eigenvalue weighted by Crippen LogP contribution is 2.20. The van der Waals surface area contributed by atoms with E-state index in [0.29, 0.717) is 5.69 Å². The number of carbonyl (C=O) groups excluding carboxylic acids is 1. The van der Waals surface area contributed by atoms with E-state index in [-0.39, 0.29) is 5.91 Å². The zero-order valence-electron chi connectivity index (χ0n) is 12.6. The second-order valence-corrected chi connectivity index (χ2v) is 5.23. The molecule has 0 radical (unpaired) electrons. The first-order valence-corrected chi connectivity index (χ1v) is 7.11. The lowest BCUT2D eigenvalue weighted by molar-refractivity contribution is 0.102. The molecular weight excluding hydrogens is 274 g/mol. The Bertz CT molecular complexity index is 806. The van der Waals surface area contributed by atoms with Crippen LogP contribution in [0.5, 0.6) is 0 Å². The van der Waals surface area contributed by atoms with Crippen LogP contribution in [0.2, 0.25) is 0 Å². The molecule has 22 heavy (non-hydrogen) atoms. The van der Waals surface area contributed by atoms with E-state index in [4.69, 9.17) is 0 Å². The van der Waals surface area contributed by atoms with Crippen molar-refractivity contribution in [3.63, 3.8) is 0 Å². The molecule has 0 unspecified atom stereocenters. The van der Waals surface area contributed by atoms with E-state index in [9.17, 15) is 4.79 Å². The molecule has 0 saturated carbocycles. The summed E-state index contributed by atoms with van der Waals surface area (Å²) in [6.07, 6.45) is 0. The predicted molar refractivity (Wildman–Crippen MR) is 87.8 cm³/mol. The minimum absolute atomic E-state index is 0.205. The van der Waals surface area contributed by atoms with E-state index < -0.39 is 0 Å². The van der Waals surface area contributed by atoms with Crippen molar-refractivity contribution in [2.45, 2.75) is 6.92 Å². The van der Waals surface area contributed by atoms with Gasteiger partial charge >= 0.3 is 0 Å². The van der Waals surface area contributed by atoms with Crippen molar-refractivity contribution in [3.05, 3.63) is 71.9 Å². The topological polar surface area (TPSA) is 46.9 Å². The van der Waals surface area contributed by atoms with Crippen molar-refractivity contribution in [3.8, 4) is 11.3 Å². The first-order chi connectivity index (χ1) is 10.6. The van der Waals surface area contributed by atoms with Gasteiger partial charge in [0.1, 0.15) is 0 Å². The van der Waals surface area contributed by atoms with Crippen LogP contribution in [-0.2, 0) is 7.05 Å². The van der Waals surface area contributed by atoms with E-state index in [2.05, 4.69) is 10.4 Å². The first-order valence-electron chi connectivity index (χ1n) is 7.11. The molecule has 0 aliphatic carbocycles. The molecular formula is C18H17N3O. The molecule has 110 valence electrons. The molecule has 0 saturated heterocycles. The monoisotopic (exact) mass is 291 g/mol. The zero-order chi connectivity index (χ0) is 15.5. The summed E-state index contributed by atoms with van der Waals surface area (Å²) in [6, 6.07) is 19.4. The minimum atomic E-state index is -0.205. The van der Waals surface area contributed by atoms with Crippen molar-refractivity contribution in [2.24, 2.45) is 7.05 Å². The number of hydrogen-bond acceptors (Lipinski definition) is 2. The number of aryl methyl sites for hydroxylation is 2. The highest BCUT2D eigenvalue weighted by molar-refractivity contribution is 6.03. The summed E-state index contributed by atoms with van der Waals surface area (Å²) in [5.41, 5.74) is 4.23. The lowest BCUT2D eigenvalue weighted by Gasteiger charge is -2.03. The van der Waals surface area contributed by atoms with Gasteiger partial charge in [-0.2, -0.15) is 5.10 Å². The van der Waals surface area contributed by atoms with Gasteiger partial charge in [0.25, 0.3) is 5.91 Å². The Morgan fingerprint density at radius 1 is 1.05 bits per heavy atom. The van der Waals surface area contributed by atoms with Gasteiger partial charge in [-0.1, -0.05) is 42.5 Å². The van der Waals surface area contributed by atoms with Crippen LogP contribution >= 0.6 is 0 Å². The van der Waals surface area contributed by atoms with Crippen LogP contribution in [0.4, 0.5) is 5.69 Å². The standard InChI is InChI=1S/C18H17N3O/c1-13-7-6-10-15(11-13)19-18(22)16-12-17(21(2)20-16)14-8-4-3-5-9-14/h3-12H,1-2H3,(H,19,22). The third-order valence-corrected chi connectivity index (χ3v) is 3.46. The van der Waals surface area contributed by atoms with Crippen LogP contribution in [0.25, 0.3) is 11.3 Å². The first kappa shape index (κ1) is 14.1. The van der Waals surface area contributed by atoms with Crippen LogP contribution in [0.1, 0.15) is 16.1 Å². The molecule has 0 bridgehead atoms. The fraction of sp³-hybridized carbons (Fsp3) is 0.111. The number of hydrogen-bond donors (Lipinski definition) is 1. The quantitative estimate of drug-likeness (QED) is 0.800. The summed E-state index contributed by atoms with van der Waals surface area (Å²) < 4.78 is 1.72. The third kappa shape index (κ3) is 2.91. The van der Waals surface area contributed by atoms with E-state index in [1.54, 1.807) is 10.7 Å². The Hall–Kier alpha value is -2.88. The number of nitrogens with zero attached hydrogens (tertiary/aromatic N) is 2. The maximum absolute atomic E-state index is 12.3. The van der Waals surface area contributed by atoms with Gasteiger partial charge in [0.2, 0.25) is 0 Å². The molecule has 4 nitrogen and oxygen atoms in total. The van der Waals surface area contributed by atoms with Crippen molar-refractivity contribution >= 4 is 11.6 Å². The van der Waals surface area contributed by atoms with Crippen molar-refractivity contribution in [1.29, 1.82) is 0 Å². The molecule has 0 aliphatic rings. The molecule has 4 heteroatoms. The smallest absolute Gasteiger partial charge is 0.276 e. The number of aromatic nitrogens is 2. The van der Waals surface area contributed by atoms with Gasteiger partial charge in [-0.05, 0) is 36.2 Å². The normalized spacial score (nSPS) is 10.5. The highest BCUT2D eigenvalue weighted by atomic mass is 16.1. The molecule has 0 atom stereocenters. The number of carbonyl (C=O) groups is 1. The van der Waals surface area contributed by atoms with Gasteiger partial charge < -0.3 is 5.32 Å². The number of nitrogens with one attached hydrogen (secondary N) is 1. The van der Waals surface area contributed by atoms with Crippen molar-refractivity contribution in [1.82, 2.24) is 9.78 Å². The summed E-state index contributed by atoms with van der Waals surface area (Å²) in [6.45, 7) is 1.99. The second-order valence-electron chi connectivity index (χ2n) is 5.23. The maximum Gasteiger partial charge on any atom is 0.276 e. The average molecular weight is 291 g/mol. The van der Waals surface area contributed by atoms with Gasteiger partial charge in [0.15, 0.2) is 5.69 Å². The van der Waals surface area contributed by atoms with Crippen molar-refractivity contribution in [2.75, 3.05) is 5.32 Å². The Balaban J connectivity index is 1.85. The Morgan fingerprint density at radius 3 is 2.55 bits per heavy atom. The van der Waals surface area contributed by atoms with Gasteiger partial charge in [-0.25, -0.2) is 0 Å². The van der Waals surface area contributed by atoms with Gasteiger partial charge in [0.05, 0.1) is 5.69 Å². The summed E-state index contributed by atoms with van der Waals surface area (Å²) in [5.74, 6) is -0.205. The van der Waals surface area contributed by atoms with E-state index in [1.807, 2.05) is 68.6 Å². The lowest BCUT2D eigenvalue weighted by atomic mass is 10.1. The Morgan fingerprint density at radius 2 is 1.82 bits per heavy atom. The molecule has 1 aromatic heterocycles. The van der Waals surface area contributed by atoms with Gasteiger partial charge in [0, 0.05) is 12.7 Å². The number of amides is 1. The fourth-order valence-corrected chi connectivity index (χ4v) is 2.38. The molecule has 3 aromatic rings. The second kappa shape index (κ2) is 5.85.